The lowest BCUT2D eigenvalue weighted by Crippen LogP contribution is -2.20. The predicted octanol–water partition coefficient (Wildman–Crippen LogP) is 2.95. The second kappa shape index (κ2) is 4.90. The van der Waals surface area contributed by atoms with Gasteiger partial charge in [-0.15, -0.1) is 0 Å². The summed E-state index contributed by atoms with van der Waals surface area (Å²) in [6.07, 6.45) is 2.78. The monoisotopic (exact) mass is 291 g/mol. The molecule has 0 unspecified atom stereocenters. The molecule has 106 valence electrons. The van der Waals surface area contributed by atoms with Crippen LogP contribution in [0.1, 0.15) is 31.1 Å². The number of rotatable bonds is 3. The summed E-state index contributed by atoms with van der Waals surface area (Å²) in [7, 11) is -3.63. The van der Waals surface area contributed by atoms with E-state index in [2.05, 4.69) is 0 Å². The lowest BCUT2D eigenvalue weighted by molar-refractivity contribution is 0.0858. The van der Waals surface area contributed by atoms with E-state index in [0.717, 1.165) is 3.97 Å². The average Bonchev–Trinajstić information content (AvgIpc) is 2.88. The highest BCUT2D eigenvalue weighted by atomic mass is 32.2. The molecule has 0 aliphatic carbocycles. The van der Waals surface area contributed by atoms with E-state index < -0.39 is 15.4 Å². The van der Waals surface area contributed by atoms with E-state index in [9.17, 15) is 13.2 Å². The largest absolute Gasteiger partial charge is 0.294 e. The zero-order valence-electron chi connectivity index (χ0n) is 11.7. The summed E-state index contributed by atoms with van der Waals surface area (Å²) in [5, 5.41) is 0. The van der Waals surface area contributed by atoms with Gasteiger partial charge >= 0.3 is 0 Å². The van der Waals surface area contributed by atoms with Crippen LogP contribution in [0.3, 0.4) is 0 Å². The van der Waals surface area contributed by atoms with Gasteiger partial charge in [-0.3, -0.25) is 4.79 Å². The molecule has 4 nitrogen and oxygen atoms in total. The molecule has 0 fully saturated rings. The standard InChI is InChI=1S/C15H17NO3S/c1-15(2,3)14(17)12-9-10-16(11-12)20(18,19)13-7-5-4-6-8-13/h4-11H,1-3H3. The fourth-order valence-electron chi connectivity index (χ4n) is 1.81. The SMILES string of the molecule is CC(C)(C)C(=O)c1ccn(S(=O)(=O)c2ccccc2)c1. The van der Waals surface area contributed by atoms with E-state index >= 15 is 0 Å². The smallest absolute Gasteiger partial charge is 0.267 e. The van der Waals surface area contributed by atoms with Crippen molar-refractivity contribution >= 4 is 15.8 Å². The molecule has 0 spiro atoms. The van der Waals surface area contributed by atoms with Crippen LogP contribution in [0.5, 0.6) is 0 Å². The minimum absolute atomic E-state index is 0.0838. The van der Waals surface area contributed by atoms with Gasteiger partial charge in [-0.1, -0.05) is 39.0 Å². The lowest BCUT2D eigenvalue weighted by atomic mass is 9.88. The molecule has 1 aromatic carbocycles. The minimum atomic E-state index is -3.63. The van der Waals surface area contributed by atoms with E-state index in [1.165, 1.54) is 30.6 Å². The van der Waals surface area contributed by atoms with E-state index in [-0.39, 0.29) is 10.7 Å². The van der Waals surface area contributed by atoms with Gasteiger partial charge in [-0.2, -0.15) is 0 Å². The first kappa shape index (κ1) is 14.5. The Labute approximate surface area is 119 Å². The van der Waals surface area contributed by atoms with Crippen molar-refractivity contribution in [2.24, 2.45) is 5.41 Å². The van der Waals surface area contributed by atoms with Gasteiger partial charge in [0.25, 0.3) is 10.0 Å². The molecule has 0 amide bonds. The van der Waals surface area contributed by atoms with E-state index in [4.69, 9.17) is 0 Å². The lowest BCUT2D eigenvalue weighted by Gasteiger charge is -2.15. The molecule has 0 radical (unpaired) electrons. The topological polar surface area (TPSA) is 56.1 Å². The Morgan fingerprint density at radius 2 is 1.65 bits per heavy atom. The van der Waals surface area contributed by atoms with Gasteiger partial charge in [-0.05, 0) is 18.2 Å². The van der Waals surface area contributed by atoms with E-state index in [0.29, 0.717) is 5.56 Å². The molecule has 0 saturated heterocycles. The van der Waals surface area contributed by atoms with Crippen molar-refractivity contribution in [1.29, 1.82) is 0 Å². The molecule has 0 saturated carbocycles. The zero-order valence-corrected chi connectivity index (χ0v) is 12.5. The summed E-state index contributed by atoms with van der Waals surface area (Å²) in [6, 6.07) is 9.67. The van der Waals surface area contributed by atoms with E-state index in [1.807, 2.05) is 0 Å². The van der Waals surface area contributed by atoms with Gasteiger partial charge in [0.1, 0.15) is 0 Å². The molecule has 5 heteroatoms. The number of aromatic nitrogens is 1. The van der Waals surface area contributed by atoms with Crippen LogP contribution in [0.15, 0.2) is 53.7 Å². The molecule has 2 aromatic rings. The second-order valence-corrected chi connectivity index (χ2v) is 7.47. The average molecular weight is 291 g/mol. The normalized spacial score (nSPS) is 12.3. The van der Waals surface area contributed by atoms with Crippen molar-refractivity contribution < 1.29 is 13.2 Å². The Bertz CT molecular complexity index is 722. The molecular formula is C15H17NO3S. The summed E-state index contributed by atoms with van der Waals surface area (Å²) in [6.45, 7) is 5.41. The van der Waals surface area contributed by atoms with Crippen LogP contribution in [0.4, 0.5) is 0 Å². The van der Waals surface area contributed by atoms with Crippen LogP contribution in [0.25, 0.3) is 0 Å². The molecule has 0 N–H and O–H groups in total. The minimum Gasteiger partial charge on any atom is -0.294 e. The number of hydrogen-bond acceptors (Lipinski definition) is 3. The first-order valence-corrected chi connectivity index (χ1v) is 7.70. The third-order valence-corrected chi connectivity index (χ3v) is 4.58. The molecule has 0 bridgehead atoms. The molecule has 20 heavy (non-hydrogen) atoms. The van der Waals surface area contributed by atoms with Crippen LogP contribution >= 0.6 is 0 Å². The molecule has 0 aliphatic heterocycles. The summed E-state index contributed by atoms with van der Waals surface area (Å²) < 4.78 is 25.8. The van der Waals surface area contributed by atoms with Gasteiger partial charge in [0, 0.05) is 23.4 Å². The van der Waals surface area contributed by atoms with E-state index in [1.54, 1.807) is 39.0 Å². The number of Topliss-reactive ketones (excluding diaryl/α,β-unsaturated/α-hetero) is 1. The fourth-order valence-corrected chi connectivity index (χ4v) is 3.03. The molecule has 0 atom stereocenters. The van der Waals surface area contributed by atoms with Gasteiger partial charge in [0.05, 0.1) is 4.90 Å². The molecule has 1 aromatic heterocycles. The number of nitrogens with zero attached hydrogens (tertiary/aromatic N) is 1. The maximum atomic E-state index is 12.4. The summed E-state index contributed by atoms with van der Waals surface area (Å²) in [4.78, 5) is 12.3. The van der Waals surface area contributed by atoms with Crippen molar-refractivity contribution in [3.05, 3.63) is 54.4 Å². The first-order chi connectivity index (χ1) is 9.23. The Kier molecular flexibility index (Phi) is 3.56. The van der Waals surface area contributed by atoms with Crippen LogP contribution in [-0.4, -0.2) is 18.2 Å². The highest BCUT2D eigenvalue weighted by Crippen LogP contribution is 2.22. The number of ketones is 1. The molecule has 2 rings (SSSR count). The maximum absolute atomic E-state index is 12.4. The predicted molar refractivity (Wildman–Crippen MR) is 77.2 cm³/mol. The molecular weight excluding hydrogens is 274 g/mol. The van der Waals surface area contributed by atoms with Crippen molar-refractivity contribution in [2.45, 2.75) is 25.7 Å². The second-order valence-electron chi connectivity index (χ2n) is 5.63. The van der Waals surface area contributed by atoms with Gasteiger partial charge in [0.2, 0.25) is 0 Å². The van der Waals surface area contributed by atoms with Crippen molar-refractivity contribution in [3.8, 4) is 0 Å². The number of carbonyl (C=O) groups excluding carboxylic acids is 1. The summed E-state index contributed by atoms with van der Waals surface area (Å²) >= 11 is 0. The van der Waals surface area contributed by atoms with Crippen LogP contribution in [-0.2, 0) is 10.0 Å². The van der Waals surface area contributed by atoms with Crippen molar-refractivity contribution in [1.82, 2.24) is 3.97 Å². The molecule has 0 aliphatic rings. The number of carbonyl (C=O) groups is 1. The quantitative estimate of drug-likeness (QED) is 0.817. The first-order valence-electron chi connectivity index (χ1n) is 6.26. The maximum Gasteiger partial charge on any atom is 0.267 e. The third-order valence-electron chi connectivity index (χ3n) is 2.93. The van der Waals surface area contributed by atoms with Crippen LogP contribution < -0.4 is 0 Å². The molecule has 1 heterocycles. The van der Waals surface area contributed by atoms with Crippen molar-refractivity contribution in [3.63, 3.8) is 0 Å². The van der Waals surface area contributed by atoms with Crippen LogP contribution in [0, 0.1) is 5.41 Å². The Hall–Kier alpha value is -1.88. The zero-order chi connectivity index (χ0) is 15.0. The summed E-state index contributed by atoms with van der Waals surface area (Å²) in [5.41, 5.74) is -0.139. The Morgan fingerprint density at radius 3 is 2.20 bits per heavy atom. The van der Waals surface area contributed by atoms with Crippen LogP contribution in [0.2, 0.25) is 0 Å². The fraction of sp³-hybridized carbons (Fsp3) is 0.267. The summed E-state index contributed by atoms with van der Waals surface area (Å²) in [5.74, 6) is -0.0838. The number of benzene rings is 1. The van der Waals surface area contributed by atoms with Gasteiger partial charge in [-0.25, -0.2) is 12.4 Å². The Balaban J connectivity index is 2.42. The Morgan fingerprint density at radius 1 is 1.05 bits per heavy atom. The third kappa shape index (κ3) is 2.67. The van der Waals surface area contributed by atoms with Gasteiger partial charge in [0.15, 0.2) is 5.78 Å². The van der Waals surface area contributed by atoms with Crippen molar-refractivity contribution in [2.75, 3.05) is 0 Å². The van der Waals surface area contributed by atoms with Gasteiger partial charge < -0.3 is 0 Å². The number of hydrogen-bond donors (Lipinski definition) is 0. The highest BCUT2D eigenvalue weighted by Gasteiger charge is 2.25. The highest BCUT2D eigenvalue weighted by molar-refractivity contribution is 7.90.